The maximum atomic E-state index is 12.9. The van der Waals surface area contributed by atoms with Gasteiger partial charge in [-0.05, 0) is 12.8 Å². The maximum absolute atomic E-state index is 12.9. The van der Waals surface area contributed by atoms with Crippen LogP contribution in [0.3, 0.4) is 0 Å². The largest absolute Gasteiger partial charge is 0.462 e. The Kier molecular flexibility index (Phi) is 36.0. The zero-order chi connectivity index (χ0) is 48.2. The molecule has 2 fully saturated rings. The molecule has 7 N–H and O–H groups in total. The van der Waals surface area contributed by atoms with Crippen LogP contribution < -0.4 is 0 Å². The van der Waals surface area contributed by atoms with E-state index in [-0.39, 0.29) is 26.1 Å². The van der Waals surface area contributed by atoms with Crippen molar-refractivity contribution in [2.45, 2.75) is 287 Å². The average molecular weight is 949 g/mol. The van der Waals surface area contributed by atoms with Gasteiger partial charge in [-0.1, -0.05) is 194 Å². The van der Waals surface area contributed by atoms with Crippen LogP contribution in [0.2, 0.25) is 0 Å². The molecule has 2 saturated heterocycles. The summed E-state index contributed by atoms with van der Waals surface area (Å²) >= 11 is 0. The summed E-state index contributed by atoms with van der Waals surface area (Å²) in [7, 11) is 0. The van der Waals surface area contributed by atoms with Crippen molar-refractivity contribution in [2.75, 3.05) is 26.4 Å². The van der Waals surface area contributed by atoms with Crippen molar-refractivity contribution in [2.24, 2.45) is 0 Å². The highest BCUT2D eigenvalue weighted by Crippen LogP contribution is 2.27. The van der Waals surface area contributed by atoms with Crippen LogP contribution in [0.15, 0.2) is 0 Å². The molecule has 0 spiro atoms. The van der Waals surface area contributed by atoms with Crippen LogP contribution in [0, 0.1) is 0 Å². The van der Waals surface area contributed by atoms with Crippen molar-refractivity contribution in [1.29, 1.82) is 0 Å². The van der Waals surface area contributed by atoms with Gasteiger partial charge in [-0.25, -0.2) is 0 Å². The summed E-state index contributed by atoms with van der Waals surface area (Å²) in [6.45, 7) is 2.57. The highest BCUT2D eigenvalue weighted by molar-refractivity contribution is 5.70. The minimum atomic E-state index is -1.76. The third-order valence-electron chi connectivity index (χ3n) is 13.1. The van der Waals surface area contributed by atoms with E-state index in [2.05, 4.69) is 13.8 Å². The van der Waals surface area contributed by atoms with Gasteiger partial charge in [0.25, 0.3) is 0 Å². The number of aliphatic hydroxyl groups is 7. The van der Waals surface area contributed by atoms with Gasteiger partial charge in [0, 0.05) is 12.8 Å². The molecule has 0 bridgehead atoms. The molecular weight excluding hydrogens is 853 g/mol. The number of hydrogen-bond acceptors (Lipinski definition) is 15. The first kappa shape index (κ1) is 60.6. The summed E-state index contributed by atoms with van der Waals surface area (Å²) in [5.74, 6) is -0.918. The van der Waals surface area contributed by atoms with E-state index in [0.29, 0.717) is 12.8 Å². The number of unbranched alkanes of at least 4 members (excludes halogenated alkanes) is 28. The van der Waals surface area contributed by atoms with E-state index in [1.54, 1.807) is 0 Å². The number of rotatable bonds is 42. The maximum Gasteiger partial charge on any atom is 0.306 e. The first-order chi connectivity index (χ1) is 32.0. The fourth-order valence-corrected chi connectivity index (χ4v) is 8.69. The van der Waals surface area contributed by atoms with Crippen LogP contribution in [0.25, 0.3) is 0 Å². The summed E-state index contributed by atoms with van der Waals surface area (Å²) in [5.41, 5.74) is 0. The Morgan fingerprint density at radius 3 is 1.18 bits per heavy atom. The van der Waals surface area contributed by atoms with E-state index < -0.39 is 92.7 Å². The second-order valence-corrected chi connectivity index (χ2v) is 19.1. The number of aliphatic hydroxyl groups excluding tert-OH is 7. The van der Waals surface area contributed by atoms with Crippen LogP contribution in [0.5, 0.6) is 0 Å². The molecule has 66 heavy (non-hydrogen) atoms. The topological polar surface area (TPSA) is 231 Å². The number of carbonyl (C=O) groups excluding carboxylic acids is 2. The quantitative estimate of drug-likeness (QED) is 0.0231. The van der Waals surface area contributed by atoms with E-state index in [1.165, 1.54) is 128 Å². The summed E-state index contributed by atoms with van der Waals surface area (Å²) in [6, 6.07) is 0. The molecule has 0 radical (unpaired) electrons. The Morgan fingerprint density at radius 2 is 0.773 bits per heavy atom. The first-order valence-electron chi connectivity index (χ1n) is 26.6. The predicted octanol–water partition coefficient (Wildman–Crippen LogP) is 7.61. The molecule has 0 saturated carbocycles. The highest BCUT2D eigenvalue weighted by Gasteiger charge is 2.47. The van der Waals surface area contributed by atoms with Crippen LogP contribution in [0.4, 0.5) is 0 Å². The van der Waals surface area contributed by atoms with Crippen molar-refractivity contribution < 1.29 is 73.8 Å². The normalized spacial score (nSPS) is 26.1. The molecule has 4 unspecified atom stereocenters. The van der Waals surface area contributed by atoms with E-state index in [0.717, 1.165) is 51.4 Å². The molecule has 0 aromatic heterocycles. The third kappa shape index (κ3) is 27.0. The standard InChI is InChI=1S/C51H96O15/c1-3-5-7-9-11-12-13-14-15-16-17-18-19-20-21-22-23-24-25-26-28-29-31-33-42(53)61-36-39(64-43(54)34-32-30-27-10-8-6-4-2)37-62-50-49(60)47(58)45(56)41(66-50)38-63-51-48(59)46(57)44(55)40(35-52)65-51/h39-41,44-52,55-60H,3-38H2,1-2H3/t39-,40+,41+,44-,45-,46?,47?,48?,49?,50+,51+/m0/s1. The molecule has 0 amide bonds. The monoisotopic (exact) mass is 949 g/mol. The van der Waals surface area contributed by atoms with Crippen molar-refractivity contribution >= 4 is 11.9 Å². The van der Waals surface area contributed by atoms with E-state index in [4.69, 9.17) is 28.4 Å². The van der Waals surface area contributed by atoms with Crippen LogP contribution in [-0.4, -0.2) is 142 Å². The summed E-state index contributed by atoms with van der Waals surface area (Å²) in [4.78, 5) is 25.6. The first-order valence-corrected chi connectivity index (χ1v) is 26.6. The van der Waals surface area contributed by atoms with Gasteiger partial charge in [-0.3, -0.25) is 9.59 Å². The van der Waals surface area contributed by atoms with E-state index >= 15 is 0 Å². The molecule has 0 aliphatic carbocycles. The Labute approximate surface area is 398 Å². The van der Waals surface area contributed by atoms with Gasteiger partial charge in [0.15, 0.2) is 18.7 Å². The molecule has 11 atom stereocenters. The number of esters is 2. The van der Waals surface area contributed by atoms with Gasteiger partial charge in [-0.2, -0.15) is 0 Å². The molecule has 15 nitrogen and oxygen atoms in total. The van der Waals surface area contributed by atoms with Gasteiger partial charge in [0.05, 0.1) is 19.8 Å². The van der Waals surface area contributed by atoms with Gasteiger partial charge in [0.2, 0.25) is 0 Å². The summed E-state index contributed by atoms with van der Waals surface area (Å²) < 4.78 is 33.5. The average Bonchev–Trinajstić information content (AvgIpc) is 3.31. The lowest BCUT2D eigenvalue weighted by Crippen LogP contribution is -2.61. The Morgan fingerprint density at radius 1 is 0.424 bits per heavy atom. The molecule has 2 aliphatic rings. The molecule has 0 aromatic carbocycles. The van der Waals surface area contributed by atoms with Gasteiger partial charge < -0.3 is 64.2 Å². The van der Waals surface area contributed by atoms with Crippen LogP contribution in [0.1, 0.15) is 219 Å². The van der Waals surface area contributed by atoms with E-state index in [9.17, 15) is 45.3 Å². The minimum absolute atomic E-state index is 0.169. The summed E-state index contributed by atoms with van der Waals surface area (Å²) in [6.07, 6.45) is 20.4. The Hall–Kier alpha value is -1.50. The lowest BCUT2D eigenvalue weighted by Gasteiger charge is -2.42. The van der Waals surface area contributed by atoms with E-state index in [1.807, 2.05) is 0 Å². The third-order valence-corrected chi connectivity index (χ3v) is 13.1. The van der Waals surface area contributed by atoms with Crippen molar-refractivity contribution in [3.63, 3.8) is 0 Å². The fraction of sp³-hybridized carbons (Fsp3) is 0.961. The van der Waals surface area contributed by atoms with Gasteiger partial charge in [0.1, 0.15) is 55.4 Å². The second kappa shape index (κ2) is 39.2. The fourth-order valence-electron chi connectivity index (χ4n) is 8.69. The van der Waals surface area contributed by atoms with Gasteiger partial charge >= 0.3 is 11.9 Å². The highest BCUT2D eigenvalue weighted by atomic mass is 16.7. The van der Waals surface area contributed by atoms with Gasteiger partial charge in [-0.15, -0.1) is 0 Å². The zero-order valence-electron chi connectivity index (χ0n) is 41.2. The Bertz CT molecular complexity index is 1160. The molecule has 0 aromatic rings. The van der Waals surface area contributed by atoms with Crippen LogP contribution >= 0.6 is 0 Å². The molecule has 15 heteroatoms. The second-order valence-electron chi connectivity index (χ2n) is 19.1. The molecule has 2 rings (SSSR count). The van der Waals surface area contributed by atoms with Crippen molar-refractivity contribution in [3.05, 3.63) is 0 Å². The lowest BCUT2D eigenvalue weighted by atomic mass is 9.98. The van der Waals surface area contributed by atoms with Crippen molar-refractivity contribution in [1.82, 2.24) is 0 Å². The van der Waals surface area contributed by atoms with Crippen molar-refractivity contribution in [3.8, 4) is 0 Å². The van der Waals surface area contributed by atoms with Crippen LogP contribution in [-0.2, 0) is 38.0 Å². The SMILES string of the molecule is CCCCCCCCCCCCCCCCCCCCCCCCCC(=O)OC[C@@H](CO[C@@H]1O[C@H](CO[C@@H]2O[C@H](CO)[C@H](O)C(O)C2O)[C@H](O)C(O)C1O)OC(=O)CCCCCCCCC. The summed E-state index contributed by atoms with van der Waals surface area (Å²) in [5, 5.41) is 71.9. The number of ether oxygens (including phenoxy) is 6. The molecular formula is C51H96O15. The molecule has 2 aliphatic heterocycles. The Balaban J connectivity index is 1.67. The zero-order valence-corrected chi connectivity index (χ0v) is 41.2. The smallest absolute Gasteiger partial charge is 0.306 e. The lowest BCUT2D eigenvalue weighted by molar-refractivity contribution is -0.332. The molecule has 390 valence electrons. The molecule has 2 heterocycles. The number of carbonyl (C=O) groups is 2. The number of hydrogen-bond donors (Lipinski definition) is 7. The minimum Gasteiger partial charge on any atom is -0.462 e. The predicted molar refractivity (Wildman–Crippen MR) is 252 cm³/mol.